The monoisotopic (exact) mass is 485 g/mol. The molecule has 1 atom stereocenters. The zero-order chi connectivity index (χ0) is 24.7. The van der Waals surface area contributed by atoms with Crippen LogP contribution in [-0.4, -0.2) is 29.0 Å². The summed E-state index contributed by atoms with van der Waals surface area (Å²) in [5, 5.41) is 24.0. The average Bonchev–Trinajstić information content (AvgIpc) is 3.14. The molecule has 0 saturated carbocycles. The van der Waals surface area contributed by atoms with Gasteiger partial charge in [-0.05, 0) is 52.7 Å². The van der Waals surface area contributed by atoms with Gasteiger partial charge in [0, 0.05) is 16.3 Å². The van der Waals surface area contributed by atoms with Gasteiger partial charge in [-0.15, -0.1) is 0 Å². The Morgan fingerprint density at radius 1 is 0.943 bits per heavy atom. The Bertz CT molecular complexity index is 1500. The first-order valence-electron chi connectivity index (χ1n) is 10.8. The maximum atomic E-state index is 13.4. The Kier molecular flexibility index (Phi) is 5.67. The summed E-state index contributed by atoms with van der Waals surface area (Å²) in [6.07, 6.45) is 0. The number of hydrogen-bond donors (Lipinski definition) is 2. The Balaban J connectivity index is 1.78. The normalized spacial score (nSPS) is 17.2. The second-order valence-electron chi connectivity index (χ2n) is 8.10. The van der Waals surface area contributed by atoms with Crippen LogP contribution in [0.2, 0.25) is 5.02 Å². The molecular formula is C28H20ClNO5. The van der Waals surface area contributed by atoms with Crippen LogP contribution < -0.4 is 9.64 Å². The predicted molar refractivity (Wildman–Crippen MR) is 135 cm³/mol. The molecule has 7 heteroatoms. The highest BCUT2D eigenvalue weighted by atomic mass is 35.5. The van der Waals surface area contributed by atoms with Crippen LogP contribution in [0.25, 0.3) is 16.5 Å². The van der Waals surface area contributed by atoms with Crippen molar-refractivity contribution in [1.82, 2.24) is 0 Å². The Labute approximate surface area is 206 Å². The van der Waals surface area contributed by atoms with Gasteiger partial charge in [-0.2, -0.15) is 0 Å². The number of aromatic hydroxyl groups is 1. The molecule has 0 aromatic heterocycles. The first-order valence-corrected chi connectivity index (χ1v) is 11.2. The fraction of sp³-hybridized carbons (Fsp3) is 0.0714. The number of halogens is 1. The van der Waals surface area contributed by atoms with Crippen molar-refractivity contribution in [1.29, 1.82) is 0 Å². The van der Waals surface area contributed by atoms with Crippen molar-refractivity contribution in [2.45, 2.75) is 6.04 Å². The second kappa shape index (κ2) is 8.81. The molecule has 1 unspecified atom stereocenters. The Morgan fingerprint density at radius 3 is 2.37 bits per heavy atom. The van der Waals surface area contributed by atoms with Crippen molar-refractivity contribution in [3.63, 3.8) is 0 Å². The lowest BCUT2D eigenvalue weighted by Gasteiger charge is -2.26. The van der Waals surface area contributed by atoms with Gasteiger partial charge in [-0.3, -0.25) is 14.5 Å². The molecule has 2 N–H and O–H groups in total. The van der Waals surface area contributed by atoms with Crippen LogP contribution in [0, 0.1) is 0 Å². The van der Waals surface area contributed by atoms with Crippen LogP contribution in [0.3, 0.4) is 0 Å². The van der Waals surface area contributed by atoms with Gasteiger partial charge >= 0.3 is 0 Å². The van der Waals surface area contributed by atoms with Crippen LogP contribution in [0.4, 0.5) is 5.69 Å². The number of hydrogen-bond acceptors (Lipinski definition) is 5. The molecule has 4 aromatic carbocycles. The van der Waals surface area contributed by atoms with E-state index in [2.05, 4.69) is 0 Å². The zero-order valence-corrected chi connectivity index (χ0v) is 19.4. The summed E-state index contributed by atoms with van der Waals surface area (Å²) in [7, 11) is 1.43. The fourth-order valence-corrected chi connectivity index (χ4v) is 4.60. The van der Waals surface area contributed by atoms with Gasteiger partial charge in [0.1, 0.15) is 5.76 Å². The van der Waals surface area contributed by atoms with Gasteiger partial charge in [0.2, 0.25) is 0 Å². The van der Waals surface area contributed by atoms with Gasteiger partial charge in [0.15, 0.2) is 11.5 Å². The van der Waals surface area contributed by atoms with E-state index in [1.165, 1.54) is 18.1 Å². The number of phenolic OH excluding ortho intramolecular Hbond substituents is 1. The molecule has 4 aromatic rings. The predicted octanol–water partition coefficient (Wildman–Crippen LogP) is 5.83. The molecular weight excluding hydrogens is 466 g/mol. The highest BCUT2D eigenvalue weighted by Crippen LogP contribution is 2.44. The molecule has 0 bridgehead atoms. The molecule has 35 heavy (non-hydrogen) atoms. The van der Waals surface area contributed by atoms with E-state index in [0.717, 1.165) is 10.8 Å². The van der Waals surface area contributed by atoms with E-state index in [-0.39, 0.29) is 22.8 Å². The lowest BCUT2D eigenvalue weighted by atomic mass is 9.93. The number of methoxy groups -OCH3 is 1. The minimum absolute atomic E-state index is 0.0779. The molecule has 0 aliphatic carbocycles. The van der Waals surface area contributed by atoms with Crippen LogP contribution >= 0.6 is 11.6 Å². The Morgan fingerprint density at radius 2 is 1.66 bits per heavy atom. The van der Waals surface area contributed by atoms with E-state index >= 15 is 0 Å². The van der Waals surface area contributed by atoms with Gasteiger partial charge in [0.05, 0.1) is 18.7 Å². The summed E-state index contributed by atoms with van der Waals surface area (Å²) in [6, 6.07) is 23.0. The number of ketones is 1. The maximum Gasteiger partial charge on any atom is 0.300 e. The molecule has 1 aliphatic rings. The number of aliphatic hydroxyl groups is 1. The topological polar surface area (TPSA) is 87.1 Å². The molecule has 0 spiro atoms. The number of amides is 1. The maximum absolute atomic E-state index is 13.4. The van der Waals surface area contributed by atoms with Gasteiger partial charge in [0.25, 0.3) is 11.7 Å². The quantitative estimate of drug-likeness (QED) is 0.215. The van der Waals surface area contributed by atoms with Crippen molar-refractivity contribution in [2.75, 3.05) is 12.0 Å². The number of Topliss-reactive ketones (excluding diaryl/α,β-unsaturated/α-hetero) is 1. The second-order valence-corrected chi connectivity index (χ2v) is 8.54. The Hall–Kier alpha value is -4.29. The molecule has 1 fully saturated rings. The van der Waals surface area contributed by atoms with E-state index in [0.29, 0.717) is 21.8 Å². The number of anilines is 1. The van der Waals surface area contributed by atoms with Crippen LogP contribution in [0.1, 0.15) is 17.2 Å². The molecule has 1 amide bonds. The number of nitrogens with zero attached hydrogens (tertiary/aromatic N) is 1. The van der Waals surface area contributed by atoms with Crippen molar-refractivity contribution >= 4 is 45.5 Å². The molecule has 1 aliphatic heterocycles. The van der Waals surface area contributed by atoms with E-state index in [1.54, 1.807) is 48.5 Å². The minimum Gasteiger partial charge on any atom is -0.507 e. The zero-order valence-electron chi connectivity index (χ0n) is 18.6. The number of carbonyl (C=O) groups is 2. The third-order valence-corrected chi connectivity index (χ3v) is 6.36. The lowest BCUT2D eigenvalue weighted by molar-refractivity contribution is -0.132. The molecule has 1 saturated heterocycles. The number of carbonyl (C=O) groups excluding carboxylic acids is 2. The first kappa shape index (κ1) is 22.5. The minimum atomic E-state index is -0.994. The highest BCUT2D eigenvalue weighted by molar-refractivity contribution is 6.52. The number of phenols is 1. The van der Waals surface area contributed by atoms with Crippen LogP contribution in [-0.2, 0) is 9.59 Å². The number of rotatable bonds is 4. The van der Waals surface area contributed by atoms with Crippen LogP contribution in [0.5, 0.6) is 11.5 Å². The highest BCUT2D eigenvalue weighted by Gasteiger charge is 2.47. The van der Waals surface area contributed by atoms with E-state index < -0.39 is 17.7 Å². The van der Waals surface area contributed by atoms with Crippen molar-refractivity contribution in [3.8, 4) is 11.5 Å². The number of ether oxygens (including phenoxy) is 1. The molecule has 5 rings (SSSR count). The van der Waals surface area contributed by atoms with Gasteiger partial charge in [-0.1, -0.05) is 60.1 Å². The number of fused-ring (bicyclic) bond motifs is 1. The molecule has 6 nitrogen and oxygen atoms in total. The molecule has 174 valence electrons. The van der Waals surface area contributed by atoms with Crippen molar-refractivity contribution in [2.24, 2.45) is 0 Å². The standard InChI is InChI=1S/C28H20ClNO5/c1-35-23-14-9-17(15-22(23)31)25-24(26(32)21-8-4-6-16-5-2-3-7-20(16)21)27(33)28(34)30(25)19-12-10-18(29)11-13-19/h2-15,25,31-32H,1H3/b26-24-. The summed E-state index contributed by atoms with van der Waals surface area (Å²) in [4.78, 5) is 28.0. The third kappa shape index (κ3) is 3.78. The van der Waals surface area contributed by atoms with Crippen molar-refractivity contribution < 1.29 is 24.5 Å². The first-order chi connectivity index (χ1) is 16.9. The van der Waals surface area contributed by atoms with Gasteiger partial charge < -0.3 is 14.9 Å². The molecule has 1 heterocycles. The summed E-state index contributed by atoms with van der Waals surface area (Å²) in [6.45, 7) is 0. The van der Waals surface area contributed by atoms with E-state index in [4.69, 9.17) is 16.3 Å². The number of benzene rings is 4. The van der Waals surface area contributed by atoms with Gasteiger partial charge in [-0.25, -0.2) is 0 Å². The summed E-state index contributed by atoms with van der Waals surface area (Å²) < 4.78 is 5.15. The lowest BCUT2D eigenvalue weighted by Crippen LogP contribution is -2.29. The van der Waals surface area contributed by atoms with E-state index in [1.807, 2.05) is 30.3 Å². The van der Waals surface area contributed by atoms with Crippen molar-refractivity contribution in [3.05, 3.63) is 107 Å². The average molecular weight is 486 g/mol. The summed E-state index contributed by atoms with van der Waals surface area (Å²) in [5.74, 6) is -1.83. The third-order valence-electron chi connectivity index (χ3n) is 6.11. The van der Waals surface area contributed by atoms with Crippen LogP contribution in [0.15, 0.2) is 90.5 Å². The SMILES string of the molecule is COc1ccc(C2/C(=C(/O)c3cccc4ccccc34)C(=O)C(=O)N2c2ccc(Cl)cc2)cc1O. The largest absolute Gasteiger partial charge is 0.507 e. The number of aliphatic hydroxyl groups excluding tert-OH is 1. The smallest absolute Gasteiger partial charge is 0.300 e. The van der Waals surface area contributed by atoms with E-state index in [9.17, 15) is 19.8 Å². The summed E-state index contributed by atoms with van der Waals surface area (Å²) in [5.41, 5.74) is 1.21. The summed E-state index contributed by atoms with van der Waals surface area (Å²) >= 11 is 6.04. The fourth-order valence-electron chi connectivity index (χ4n) is 4.47. The molecule has 0 radical (unpaired) electrons.